The Hall–Kier alpha value is -0.980. The molecule has 0 aliphatic rings. The first-order valence-corrected chi connectivity index (χ1v) is 5.24. The Balaban J connectivity index is 2.70. The number of rotatable bonds is 2. The molecule has 1 heteroatoms. The Morgan fingerprint density at radius 1 is 1.14 bits per heavy atom. The predicted molar refractivity (Wildman–Crippen MR) is 63.3 cm³/mol. The zero-order valence-electron chi connectivity index (χ0n) is 9.67. The number of anilines is 1. The molecule has 0 amide bonds. The van der Waals surface area contributed by atoms with Gasteiger partial charge in [-0.25, -0.2) is 0 Å². The van der Waals surface area contributed by atoms with Gasteiger partial charge in [0.1, 0.15) is 0 Å². The molecule has 0 aliphatic heterocycles. The fourth-order valence-corrected chi connectivity index (χ4v) is 1.86. The van der Waals surface area contributed by atoms with E-state index in [0.29, 0.717) is 11.3 Å². The Kier molecular flexibility index (Phi) is 3.20. The molecule has 2 N–H and O–H groups in total. The number of nitrogens with two attached hydrogens (primary N) is 1. The summed E-state index contributed by atoms with van der Waals surface area (Å²) in [6.07, 6.45) is 1.21. The summed E-state index contributed by atoms with van der Waals surface area (Å²) in [4.78, 5) is 0. The number of nitrogen functional groups attached to an aromatic ring is 1. The van der Waals surface area contributed by atoms with Gasteiger partial charge in [-0.05, 0) is 35.4 Å². The zero-order chi connectivity index (χ0) is 10.8. The van der Waals surface area contributed by atoms with Crippen molar-refractivity contribution < 1.29 is 0 Å². The zero-order valence-corrected chi connectivity index (χ0v) is 9.67. The average molecular weight is 191 g/mol. The van der Waals surface area contributed by atoms with Crippen LogP contribution in [0.5, 0.6) is 0 Å². The van der Waals surface area contributed by atoms with Crippen LogP contribution in [0.3, 0.4) is 0 Å². The van der Waals surface area contributed by atoms with Crippen LogP contribution in [0.1, 0.15) is 45.6 Å². The third-order valence-corrected chi connectivity index (χ3v) is 2.42. The molecule has 14 heavy (non-hydrogen) atoms. The summed E-state index contributed by atoms with van der Waals surface area (Å²) in [6.45, 7) is 9.11. The van der Waals surface area contributed by atoms with Crippen LogP contribution in [0.15, 0.2) is 24.3 Å². The van der Waals surface area contributed by atoms with Crippen molar-refractivity contribution in [2.75, 3.05) is 5.73 Å². The van der Waals surface area contributed by atoms with Crippen LogP contribution >= 0.6 is 0 Å². The minimum atomic E-state index is 0.390. The minimum Gasteiger partial charge on any atom is -0.399 e. The lowest BCUT2D eigenvalue weighted by molar-refractivity contribution is 0.349. The molecule has 0 aromatic heterocycles. The largest absolute Gasteiger partial charge is 0.399 e. The van der Waals surface area contributed by atoms with Crippen molar-refractivity contribution in [3.63, 3.8) is 0 Å². The summed E-state index contributed by atoms with van der Waals surface area (Å²) in [5.74, 6) is 0.607. The van der Waals surface area contributed by atoms with Gasteiger partial charge in [-0.3, -0.25) is 0 Å². The van der Waals surface area contributed by atoms with E-state index in [4.69, 9.17) is 5.73 Å². The van der Waals surface area contributed by atoms with E-state index in [-0.39, 0.29) is 0 Å². The molecule has 0 radical (unpaired) electrons. The van der Waals surface area contributed by atoms with Crippen molar-refractivity contribution in [2.45, 2.75) is 40.0 Å². The molecule has 1 aromatic rings. The van der Waals surface area contributed by atoms with Crippen LogP contribution < -0.4 is 5.73 Å². The first-order chi connectivity index (χ1) is 6.38. The van der Waals surface area contributed by atoms with Gasteiger partial charge in [0.2, 0.25) is 0 Å². The van der Waals surface area contributed by atoms with E-state index < -0.39 is 0 Å². The summed E-state index contributed by atoms with van der Waals surface area (Å²) >= 11 is 0. The molecule has 0 saturated heterocycles. The molecular formula is C13H21N. The summed E-state index contributed by atoms with van der Waals surface area (Å²) in [5, 5.41) is 0. The predicted octanol–water partition coefficient (Wildman–Crippen LogP) is 3.81. The molecule has 1 aromatic carbocycles. The first kappa shape index (κ1) is 11.1. The van der Waals surface area contributed by atoms with Gasteiger partial charge in [-0.1, -0.05) is 39.8 Å². The van der Waals surface area contributed by atoms with Crippen molar-refractivity contribution in [3.05, 3.63) is 29.8 Å². The first-order valence-electron chi connectivity index (χ1n) is 5.24. The van der Waals surface area contributed by atoms with Gasteiger partial charge in [0.25, 0.3) is 0 Å². The highest BCUT2D eigenvalue weighted by Crippen LogP contribution is 2.30. The summed E-state index contributed by atoms with van der Waals surface area (Å²) in [5.41, 5.74) is 8.27. The lowest BCUT2D eigenvalue weighted by Crippen LogP contribution is -2.09. The summed E-state index contributed by atoms with van der Waals surface area (Å²) in [6, 6.07) is 8.22. The van der Waals surface area contributed by atoms with Gasteiger partial charge in [0, 0.05) is 5.69 Å². The molecule has 1 atom stereocenters. The molecule has 0 heterocycles. The van der Waals surface area contributed by atoms with Crippen LogP contribution in [-0.2, 0) is 0 Å². The quantitative estimate of drug-likeness (QED) is 0.707. The normalized spacial score (nSPS) is 14.0. The number of hydrogen-bond acceptors (Lipinski definition) is 1. The monoisotopic (exact) mass is 191 g/mol. The Morgan fingerprint density at radius 2 is 1.64 bits per heavy atom. The fourth-order valence-electron chi connectivity index (χ4n) is 1.86. The van der Waals surface area contributed by atoms with E-state index in [1.54, 1.807) is 0 Å². The van der Waals surface area contributed by atoms with Crippen LogP contribution in [0.25, 0.3) is 0 Å². The molecule has 1 unspecified atom stereocenters. The van der Waals surface area contributed by atoms with Crippen molar-refractivity contribution in [1.82, 2.24) is 0 Å². The molecule has 0 bridgehead atoms. The Labute approximate surface area is 87.3 Å². The molecule has 1 nitrogen and oxygen atoms in total. The second kappa shape index (κ2) is 4.04. The van der Waals surface area contributed by atoms with Crippen molar-refractivity contribution in [2.24, 2.45) is 5.41 Å². The molecule has 1 rings (SSSR count). The van der Waals surface area contributed by atoms with Crippen LogP contribution in [0, 0.1) is 5.41 Å². The van der Waals surface area contributed by atoms with Gasteiger partial charge in [-0.15, -0.1) is 0 Å². The van der Waals surface area contributed by atoms with Crippen LogP contribution in [0.2, 0.25) is 0 Å². The maximum absolute atomic E-state index is 5.65. The maximum atomic E-state index is 5.65. The van der Waals surface area contributed by atoms with Crippen molar-refractivity contribution in [1.29, 1.82) is 0 Å². The van der Waals surface area contributed by atoms with E-state index >= 15 is 0 Å². The second-order valence-electron chi connectivity index (χ2n) is 5.33. The molecule has 0 spiro atoms. The highest BCUT2D eigenvalue weighted by atomic mass is 14.5. The lowest BCUT2D eigenvalue weighted by Gasteiger charge is -2.23. The second-order valence-corrected chi connectivity index (χ2v) is 5.33. The van der Waals surface area contributed by atoms with Crippen LogP contribution in [0.4, 0.5) is 5.69 Å². The fraction of sp³-hybridized carbons (Fsp3) is 0.538. The molecule has 0 fully saturated rings. The van der Waals surface area contributed by atoms with E-state index in [0.717, 1.165) is 5.69 Å². The third-order valence-electron chi connectivity index (χ3n) is 2.42. The maximum Gasteiger partial charge on any atom is 0.0314 e. The SMILES string of the molecule is CC(CC(C)(C)C)c1ccc(N)cc1. The van der Waals surface area contributed by atoms with Crippen molar-refractivity contribution >= 4 is 5.69 Å². The van der Waals surface area contributed by atoms with Crippen LogP contribution in [-0.4, -0.2) is 0 Å². The topological polar surface area (TPSA) is 26.0 Å². The average Bonchev–Trinajstić information content (AvgIpc) is 2.02. The van der Waals surface area contributed by atoms with E-state index in [2.05, 4.69) is 39.8 Å². The van der Waals surface area contributed by atoms with Gasteiger partial charge in [0.05, 0.1) is 0 Å². The number of benzene rings is 1. The lowest BCUT2D eigenvalue weighted by atomic mass is 9.82. The van der Waals surface area contributed by atoms with Gasteiger partial charge in [0.15, 0.2) is 0 Å². The van der Waals surface area contributed by atoms with Crippen molar-refractivity contribution in [3.8, 4) is 0 Å². The van der Waals surface area contributed by atoms with Gasteiger partial charge < -0.3 is 5.73 Å². The molecule has 0 saturated carbocycles. The van der Waals surface area contributed by atoms with Gasteiger partial charge >= 0.3 is 0 Å². The van der Waals surface area contributed by atoms with E-state index in [1.807, 2.05) is 12.1 Å². The standard InChI is InChI=1S/C13H21N/c1-10(9-13(2,3)4)11-5-7-12(14)8-6-11/h5-8,10H,9,14H2,1-4H3. The van der Waals surface area contributed by atoms with E-state index in [1.165, 1.54) is 12.0 Å². The highest BCUT2D eigenvalue weighted by Gasteiger charge is 2.16. The molecule has 0 aliphatic carbocycles. The van der Waals surface area contributed by atoms with E-state index in [9.17, 15) is 0 Å². The Morgan fingerprint density at radius 3 is 2.07 bits per heavy atom. The smallest absolute Gasteiger partial charge is 0.0314 e. The molecule has 78 valence electrons. The highest BCUT2D eigenvalue weighted by molar-refractivity contribution is 5.40. The third kappa shape index (κ3) is 3.41. The number of hydrogen-bond donors (Lipinski definition) is 1. The molecular weight excluding hydrogens is 170 g/mol. The van der Waals surface area contributed by atoms with Gasteiger partial charge in [-0.2, -0.15) is 0 Å². The summed E-state index contributed by atoms with van der Waals surface area (Å²) < 4.78 is 0. The Bertz CT molecular complexity index is 279. The minimum absolute atomic E-state index is 0.390. The summed E-state index contributed by atoms with van der Waals surface area (Å²) in [7, 11) is 0.